The second-order valence-electron chi connectivity index (χ2n) is 7.51. The number of nitrogens with zero attached hydrogens (tertiary/aromatic N) is 4. The summed E-state index contributed by atoms with van der Waals surface area (Å²) in [5.41, 5.74) is 0.849. The molecule has 0 spiro atoms. The van der Waals surface area contributed by atoms with Gasteiger partial charge in [-0.3, -0.25) is 9.36 Å². The molecule has 1 atom stereocenters. The maximum absolute atomic E-state index is 12.7. The molecular formula is C20H26ClN5OS. The van der Waals surface area contributed by atoms with E-state index in [1.807, 2.05) is 35.8 Å². The van der Waals surface area contributed by atoms with E-state index in [1.54, 1.807) is 0 Å². The van der Waals surface area contributed by atoms with E-state index >= 15 is 0 Å². The molecule has 8 heteroatoms. The van der Waals surface area contributed by atoms with Crippen LogP contribution in [0.2, 0.25) is 5.02 Å². The number of amides is 1. The quantitative estimate of drug-likeness (QED) is 0.715. The van der Waals surface area contributed by atoms with Crippen molar-refractivity contribution >= 4 is 35.2 Å². The number of aromatic nitrogens is 3. The van der Waals surface area contributed by atoms with E-state index in [4.69, 9.17) is 11.6 Å². The highest BCUT2D eigenvalue weighted by molar-refractivity contribution is 8.00. The van der Waals surface area contributed by atoms with E-state index in [0.29, 0.717) is 16.2 Å². The van der Waals surface area contributed by atoms with Crippen molar-refractivity contribution in [2.45, 2.75) is 61.9 Å². The average molecular weight is 420 g/mol. The largest absolute Gasteiger partial charge is 0.352 e. The van der Waals surface area contributed by atoms with Crippen LogP contribution >= 0.6 is 23.4 Å². The predicted octanol–water partition coefficient (Wildman–Crippen LogP) is 4.06. The Hall–Kier alpha value is -1.73. The third-order valence-electron chi connectivity index (χ3n) is 5.45. The van der Waals surface area contributed by atoms with Gasteiger partial charge in [-0.25, -0.2) is 0 Å². The zero-order valence-electron chi connectivity index (χ0n) is 16.1. The lowest BCUT2D eigenvalue weighted by Crippen LogP contribution is -2.37. The van der Waals surface area contributed by atoms with Crippen LogP contribution in [-0.4, -0.2) is 45.1 Å². The van der Waals surface area contributed by atoms with E-state index in [0.717, 1.165) is 50.4 Å². The highest BCUT2D eigenvalue weighted by atomic mass is 35.5. The van der Waals surface area contributed by atoms with Crippen LogP contribution in [0.5, 0.6) is 0 Å². The first-order valence-electron chi connectivity index (χ1n) is 10.1. The molecule has 0 bridgehead atoms. The molecule has 1 aromatic heterocycles. The number of para-hydroxylation sites is 1. The van der Waals surface area contributed by atoms with E-state index in [9.17, 15) is 4.79 Å². The number of carbonyl (C=O) groups is 1. The molecule has 6 nitrogen and oxygen atoms in total. The fourth-order valence-corrected chi connectivity index (χ4v) is 4.99. The van der Waals surface area contributed by atoms with Crippen molar-refractivity contribution in [3.8, 4) is 5.69 Å². The summed E-state index contributed by atoms with van der Waals surface area (Å²) >= 11 is 7.93. The van der Waals surface area contributed by atoms with Crippen LogP contribution in [0.25, 0.3) is 5.69 Å². The van der Waals surface area contributed by atoms with Gasteiger partial charge in [-0.1, -0.05) is 48.3 Å². The van der Waals surface area contributed by atoms with Gasteiger partial charge in [0.2, 0.25) is 11.9 Å². The minimum absolute atomic E-state index is 0.0633. The summed E-state index contributed by atoms with van der Waals surface area (Å²) in [5.74, 6) is 0.866. The first kappa shape index (κ1) is 19.6. The first-order chi connectivity index (χ1) is 13.6. The van der Waals surface area contributed by atoms with Crippen molar-refractivity contribution < 1.29 is 4.79 Å². The minimum Gasteiger partial charge on any atom is -0.352 e. The molecule has 1 aliphatic heterocycles. The van der Waals surface area contributed by atoms with Gasteiger partial charge in [-0.05, 0) is 44.7 Å². The number of carbonyl (C=O) groups excluding carboxylic acids is 1. The summed E-state index contributed by atoms with van der Waals surface area (Å²) in [7, 11) is 0. The normalized spacial score (nSPS) is 18.6. The molecule has 2 heterocycles. The Morgan fingerprint density at radius 1 is 1.18 bits per heavy atom. The number of halogens is 1. The van der Waals surface area contributed by atoms with E-state index in [-0.39, 0.29) is 11.2 Å². The van der Waals surface area contributed by atoms with E-state index < -0.39 is 0 Å². The van der Waals surface area contributed by atoms with Gasteiger partial charge in [0.1, 0.15) is 0 Å². The summed E-state index contributed by atoms with van der Waals surface area (Å²) in [4.78, 5) is 14.9. The fraction of sp³-hybridized carbons (Fsp3) is 0.550. The molecule has 1 amide bonds. The molecule has 1 N–H and O–H groups in total. The smallest absolute Gasteiger partial charge is 0.233 e. The maximum atomic E-state index is 12.7. The summed E-state index contributed by atoms with van der Waals surface area (Å²) < 4.78 is 2.00. The van der Waals surface area contributed by atoms with Gasteiger partial charge in [-0.2, -0.15) is 0 Å². The molecule has 28 heavy (non-hydrogen) atoms. The van der Waals surface area contributed by atoms with Crippen LogP contribution in [0, 0.1) is 0 Å². The van der Waals surface area contributed by atoms with Gasteiger partial charge in [0.25, 0.3) is 0 Å². The molecule has 4 rings (SSSR count). The lowest BCUT2D eigenvalue weighted by atomic mass is 10.2. The Balaban J connectivity index is 1.59. The van der Waals surface area contributed by atoms with Crippen LogP contribution in [0.4, 0.5) is 5.95 Å². The zero-order valence-corrected chi connectivity index (χ0v) is 17.7. The van der Waals surface area contributed by atoms with Crippen LogP contribution in [0.3, 0.4) is 0 Å². The standard InChI is InChI=1S/C20H26ClN5OS/c1-14(18(27)22-15-8-2-3-9-15)28-20-24-23-19(25-12-6-7-13-25)26(20)17-11-5-4-10-16(17)21/h4-5,10-11,14-15H,2-3,6-9,12-13H2,1H3,(H,22,27). The topological polar surface area (TPSA) is 63.1 Å². The highest BCUT2D eigenvalue weighted by Crippen LogP contribution is 2.33. The van der Waals surface area contributed by atoms with Crippen LogP contribution in [0.15, 0.2) is 29.4 Å². The SMILES string of the molecule is CC(Sc1nnc(N2CCCC2)n1-c1ccccc1Cl)C(=O)NC1CCCC1. The molecule has 0 radical (unpaired) electrons. The number of hydrogen-bond donors (Lipinski definition) is 1. The lowest BCUT2D eigenvalue weighted by Gasteiger charge is -2.20. The second kappa shape index (κ2) is 8.74. The molecule has 1 saturated carbocycles. The number of hydrogen-bond acceptors (Lipinski definition) is 5. The van der Waals surface area contributed by atoms with Gasteiger partial charge in [0.15, 0.2) is 5.16 Å². The number of rotatable bonds is 6. The summed E-state index contributed by atoms with van der Waals surface area (Å²) in [5, 5.41) is 13.2. The number of benzene rings is 1. The van der Waals surface area contributed by atoms with Crippen LogP contribution in [0.1, 0.15) is 45.4 Å². The van der Waals surface area contributed by atoms with E-state index in [2.05, 4.69) is 20.4 Å². The Morgan fingerprint density at radius 3 is 2.61 bits per heavy atom. The number of nitrogens with one attached hydrogen (secondary N) is 1. The van der Waals surface area contributed by atoms with Crippen molar-refractivity contribution in [3.05, 3.63) is 29.3 Å². The maximum Gasteiger partial charge on any atom is 0.233 e. The van der Waals surface area contributed by atoms with Gasteiger partial charge in [0.05, 0.1) is 16.0 Å². The molecule has 1 unspecified atom stereocenters. The Bertz CT molecular complexity index is 830. The van der Waals surface area contributed by atoms with Crippen LogP contribution < -0.4 is 10.2 Å². The van der Waals surface area contributed by atoms with E-state index in [1.165, 1.54) is 24.6 Å². The summed E-state index contributed by atoms with van der Waals surface area (Å²) in [6.07, 6.45) is 6.87. The molecule has 2 aromatic rings. The summed E-state index contributed by atoms with van der Waals surface area (Å²) in [6, 6.07) is 8.03. The average Bonchev–Trinajstić information content (AvgIpc) is 3.44. The highest BCUT2D eigenvalue weighted by Gasteiger charge is 2.27. The predicted molar refractivity (Wildman–Crippen MR) is 114 cm³/mol. The van der Waals surface area contributed by atoms with Gasteiger partial charge >= 0.3 is 0 Å². The number of anilines is 1. The third-order valence-corrected chi connectivity index (χ3v) is 6.81. The third kappa shape index (κ3) is 4.15. The van der Waals surface area contributed by atoms with Gasteiger partial charge < -0.3 is 10.2 Å². The van der Waals surface area contributed by atoms with Crippen LogP contribution in [-0.2, 0) is 4.79 Å². The molecule has 150 valence electrons. The molecule has 1 saturated heterocycles. The second-order valence-corrected chi connectivity index (χ2v) is 9.23. The minimum atomic E-state index is -0.252. The Labute approximate surface area is 175 Å². The molecular weight excluding hydrogens is 394 g/mol. The monoisotopic (exact) mass is 419 g/mol. The lowest BCUT2D eigenvalue weighted by molar-refractivity contribution is -0.120. The number of thioether (sulfide) groups is 1. The van der Waals surface area contributed by atoms with Crippen molar-refractivity contribution in [3.63, 3.8) is 0 Å². The first-order valence-corrected chi connectivity index (χ1v) is 11.3. The van der Waals surface area contributed by atoms with Crippen molar-refractivity contribution in [1.82, 2.24) is 20.1 Å². The molecule has 1 aromatic carbocycles. The van der Waals surface area contributed by atoms with Crippen molar-refractivity contribution in [2.24, 2.45) is 0 Å². The van der Waals surface area contributed by atoms with Crippen molar-refractivity contribution in [2.75, 3.05) is 18.0 Å². The Kier molecular flexibility index (Phi) is 6.11. The van der Waals surface area contributed by atoms with Crippen molar-refractivity contribution in [1.29, 1.82) is 0 Å². The van der Waals surface area contributed by atoms with Gasteiger partial charge in [-0.15, -0.1) is 10.2 Å². The van der Waals surface area contributed by atoms with Gasteiger partial charge in [0, 0.05) is 19.1 Å². The molecule has 2 fully saturated rings. The Morgan fingerprint density at radius 2 is 1.89 bits per heavy atom. The summed E-state index contributed by atoms with van der Waals surface area (Å²) in [6.45, 7) is 3.85. The molecule has 1 aliphatic carbocycles. The zero-order chi connectivity index (χ0) is 19.5. The molecule has 2 aliphatic rings. The fourth-order valence-electron chi connectivity index (χ4n) is 3.90.